The fourth-order valence-corrected chi connectivity index (χ4v) is 2.79. The number of aromatic nitrogens is 2. The third-order valence-corrected chi connectivity index (χ3v) is 3.82. The van der Waals surface area contributed by atoms with E-state index in [0.717, 1.165) is 5.69 Å². The Balaban J connectivity index is 2.63. The lowest BCUT2D eigenvalue weighted by atomic mass is 9.92. The molecule has 0 saturated heterocycles. The number of imidazole rings is 1. The number of ether oxygens (including phenoxy) is 1. The van der Waals surface area contributed by atoms with Gasteiger partial charge < -0.3 is 15.0 Å². The monoisotopic (exact) mass is 400 g/mol. The van der Waals surface area contributed by atoms with Crippen LogP contribution >= 0.6 is 0 Å². The topological polar surface area (TPSA) is 76.5 Å². The van der Waals surface area contributed by atoms with Crippen molar-refractivity contribution in [1.29, 1.82) is 0 Å². The molecule has 1 aromatic carbocycles. The molecular formula is C22H32N4O3. The van der Waals surface area contributed by atoms with Gasteiger partial charge in [0, 0.05) is 26.2 Å². The van der Waals surface area contributed by atoms with Crippen molar-refractivity contribution in [3.05, 3.63) is 36.0 Å². The molecule has 0 bridgehead atoms. The molecular weight excluding hydrogens is 368 g/mol. The van der Waals surface area contributed by atoms with E-state index in [1.54, 1.807) is 30.2 Å². The van der Waals surface area contributed by atoms with E-state index in [1.807, 2.05) is 65.2 Å². The quantitative estimate of drug-likeness (QED) is 0.759. The van der Waals surface area contributed by atoms with Crippen LogP contribution in [0.4, 0.5) is 11.8 Å². The summed E-state index contributed by atoms with van der Waals surface area (Å²) in [6, 6.07) is 9.42. The van der Waals surface area contributed by atoms with Gasteiger partial charge in [-0.2, -0.15) is 4.98 Å². The van der Waals surface area contributed by atoms with E-state index in [1.165, 1.54) is 0 Å². The SMILES string of the molecule is CN(C)c1nc(NC(=O)CC(C)(C)C)c(C(=O)OC(C)(C)C)n1-c1ccccc1. The Morgan fingerprint density at radius 2 is 1.66 bits per heavy atom. The number of nitrogens with zero attached hydrogens (tertiary/aromatic N) is 3. The van der Waals surface area contributed by atoms with Crippen molar-refractivity contribution in [1.82, 2.24) is 9.55 Å². The van der Waals surface area contributed by atoms with Crippen LogP contribution in [0.15, 0.2) is 30.3 Å². The van der Waals surface area contributed by atoms with Gasteiger partial charge in [-0.1, -0.05) is 39.0 Å². The zero-order chi connectivity index (χ0) is 22.0. The Morgan fingerprint density at radius 1 is 1.07 bits per heavy atom. The van der Waals surface area contributed by atoms with Crippen LogP contribution < -0.4 is 10.2 Å². The van der Waals surface area contributed by atoms with Crippen LogP contribution in [0.3, 0.4) is 0 Å². The third-order valence-electron chi connectivity index (χ3n) is 3.82. The van der Waals surface area contributed by atoms with Gasteiger partial charge in [-0.3, -0.25) is 9.36 Å². The number of hydrogen-bond acceptors (Lipinski definition) is 5. The molecule has 7 nitrogen and oxygen atoms in total. The molecule has 158 valence electrons. The largest absolute Gasteiger partial charge is 0.455 e. The average Bonchev–Trinajstić information content (AvgIpc) is 2.91. The number of nitrogens with one attached hydrogen (secondary N) is 1. The summed E-state index contributed by atoms with van der Waals surface area (Å²) >= 11 is 0. The van der Waals surface area contributed by atoms with Crippen LogP contribution in [0.1, 0.15) is 58.5 Å². The fourth-order valence-electron chi connectivity index (χ4n) is 2.79. The fraction of sp³-hybridized carbons (Fsp3) is 0.500. The van der Waals surface area contributed by atoms with Crippen molar-refractivity contribution in [2.24, 2.45) is 5.41 Å². The van der Waals surface area contributed by atoms with Gasteiger partial charge in [0.25, 0.3) is 0 Å². The first-order chi connectivity index (χ1) is 13.3. The van der Waals surface area contributed by atoms with Crippen LogP contribution in [0, 0.1) is 5.41 Å². The summed E-state index contributed by atoms with van der Waals surface area (Å²) in [6.45, 7) is 11.4. The molecule has 0 fully saturated rings. The molecule has 2 aromatic rings. The maximum atomic E-state index is 13.1. The second kappa shape index (κ2) is 8.27. The standard InChI is InChI=1S/C22H32N4O3/c1-21(2,3)14-16(27)23-18-17(19(28)29-22(4,5)6)26(20(24-18)25(7)8)15-12-10-9-11-13-15/h9-13H,14H2,1-8H3,(H,23,27). The van der Waals surface area contributed by atoms with Crippen LogP contribution in [0.25, 0.3) is 5.69 Å². The molecule has 0 spiro atoms. The highest BCUT2D eigenvalue weighted by atomic mass is 16.6. The molecule has 0 unspecified atom stereocenters. The Morgan fingerprint density at radius 3 is 2.14 bits per heavy atom. The van der Waals surface area contributed by atoms with Crippen LogP contribution in [0.2, 0.25) is 0 Å². The number of anilines is 2. The predicted octanol–water partition coefficient (Wildman–Crippen LogP) is 4.27. The number of carbonyl (C=O) groups excluding carboxylic acids is 2. The average molecular weight is 401 g/mol. The molecule has 7 heteroatoms. The van der Waals surface area contributed by atoms with Gasteiger partial charge in [-0.15, -0.1) is 0 Å². The molecule has 1 aromatic heterocycles. The first-order valence-electron chi connectivity index (χ1n) is 9.67. The van der Waals surface area contributed by atoms with Gasteiger partial charge in [-0.25, -0.2) is 4.79 Å². The van der Waals surface area contributed by atoms with E-state index in [9.17, 15) is 9.59 Å². The van der Waals surface area contributed by atoms with E-state index < -0.39 is 11.6 Å². The Hall–Kier alpha value is -2.83. The Bertz CT molecular complexity index is 872. The number of para-hydroxylation sites is 1. The lowest BCUT2D eigenvalue weighted by molar-refractivity contribution is -0.117. The summed E-state index contributed by atoms with van der Waals surface area (Å²) in [4.78, 5) is 32.1. The van der Waals surface area contributed by atoms with Gasteiger partial charge in [-0.05, 0) is 38.3 Å². The summed E-state index contributed by atoms with van der Waals surface area (Å²) in [5.41, 5.74) is 0.0640. The second-order valence-corrected chi connectivity index (χ2v) is 9.46. The normalized spacial score (nSPS) is 11.9. The lowest BCUT2D eigenvalue weighted by Crippen LogP contribution is -2.27. The molecule has 0 aliphatic heterocycles. The van der Waals surface area contributed by atoms with Crippen molar-refractivity contribution in [2.75, 3.05) is 24.3 Å². The molecule has 0 saturated carbocycles. The number of carbonyl (C=O) groups is 2. The summed E-state index contributed by atoms with van der Waals surface area (Å²) < 4.78 is 7.34. The van der Waals surface area contributed by atoms with Crippen molar-refractivity contribution >= 4 is 23.6 Å². The van der Waals surface area contributed by atoms with Crippen LogP contribution in [-0.2, 0) is 9.53 Å². The van der Waals surface area contributed by atoms with Crippen LogP contribution in [0.5, 0.6) is 0 Å². The number of hydrogen-bond donors (Lipinski definition) is 1. The maximum absolute atomic E-state index is 13.1. The number of amides is 1. The number of benzene rings is 1. The van der Waals surface area contributed by atoms with E-state index in [2.05, 4.69) is 10.3 Å². The molecule has 0 aliphatic carbocycles. The van der Waals surface area contributed by atoms with Crippen molar-refractivity contribution < 1.29 is 14.3 Å². The molecule has 1 N–H and O–H groups in total. The highest BCUT2D eigenvalue weighted by molar-refractivity contribution is 6.00. The van der Waals surface area contributed by atoms with E-state index in [-0.39, 0.29) is 22.8 Å². The van der Waals surface area contributed by atoms with Gasteiger partial charge in [0.2, 0.25) is 11.9 Å². The first kappa shape index (κ1) is 22.5. The van der Waals surface area contributed by atoms with Gasteiger partial charge in [0.15, 0.2) is 11.5 Å². The lowest BCUT2D eigenvalue weighted by Gasteiger charge is -2.21. The Labute approximate surface area is 173 Å². The maximum Gasteiger partial charge on any atom is 0.359 e. The zero-order valence-electron chi connectivity index (χ0n) is 18.7. The molecule has 1 heterocycles. The molecule has 29 heavy (non-hydrogen) atoms. The summed E-state index contributed by atoms with van der Waals surface area (Å²) in [5, 5.41) is 2.82. The smallest absolute Gasteiger partial charge is 0.359 e. The summed E-state index contributed by atoms with van der Waals surface area (Å²) in [5.74, 6) is -0.0393. The molecule has 0 radical (unpaired) electrons. The van der Waals surface area contributed by atoms with Crippen LogP contribution in [-0.4, -0.2) is 41.1 Å². The van der Waals surface area contributed by atoms with Crippen molar-refractivity contribution in [2.45, 2.75) is 53.6 Å². The van der Waals surface area contributed by atoms with E-state index >= 15 is 0 Å². The predicted molar refractivity (Wildman–Crippen MR) is 116 cm³/mol. The summed E-state index contributed by atoms with van der Waals surface area (Å²) in [6.07, 6.45) is 0.302. The summed E-state index contributed by atoms with van der Waals surface area (Å²) in [7, 11) is 3.67. The minimum absolute atomic E-state index is 0.192. The zero-order valence-corrected chi connectivity index (χ0v) is 18.7. The van der Waals surface area contributed by atoms with Gasteiger partial charge in [0.05, 0.1) is 0 Å². The molecule has 0 atom stereocenters. The molecule has 0 aliphatic rings. The third kappa shape index (κ3) is 6.07. The Kier molecular flexibility index (Phi) is 6.40. The van der Waals surface area contributed by atoms with Gasteiger partial charge >= 0.3 is 5.97 Å². The second-order valence-electron chi connectivity index (χ2n) is 9.46. The van der Waals surface area contributed by atoms with Crippen molar-refractivity contribution in [3.63, 3.8) is 0 Å². The minimum Gasteiger partial charge on any atom is -0.455 e. The molecule has 1 amide bonds. The van der Waals surface area contributed by atoms with E-state index in [4.69, 9.17) is 4.74 Å². The number of esters is 1. The highest BCUT2D eigenvalue weighted by Gasteiger charge is 2.30. The van der Waals surface area contributed by atoms with Crippen molar-refractivity contribution in [3.8, 4) is 5.69 Å². The highest BCUT2D eigenvalue weighted by Crippen LogP contribution is 2.30. The first-order valence-corrected chi connectivity index (χ1v) is 9.67. The van der Waals surface area contributed by atoms with E-state index in [0.29, 0.717) is 12.4 Å². The number of rotatable bonds is 5. The van der Waals surface area contributed by atoms with Gasteiger partial charge in [0.1, 0.15) is 5.60 Å². The minimum atomic E-state index is -0.687. The molecule has 2 rings (SSSR count).